The Bertz CT molecular complexity index is 982. The lowest BCUT2D eigenvalue weighted by molar-refractivity contribution is 0.133. The first-order valence-electron chi connectivity index (χ1n) is 11.2. The maximum atomic E-state index is 13.2. The van der Waals surface area contributed by atoms with Gasteiger partial charge in [0, 0.05) is 56.9 Å². The van der Waals surface area contributed by atoms with Gasteiger partial charge in [0.25, 0.3) is 0 Å². The van der Waals surface area contributed by atoms with Gasteiger partial charge < -0.3 is 20.4 Å². The molecule has 7 nitrogen and oxygen atoms in total. The first kappa shape index (κ1) is 26.1. The van der Waals surface area contributed by atoms with Crippen molar-refractivity contribution in [2.45, 2.75) is 26.4 Å². The van der Waals surface area contributed by atoms with E-state index in [-0.39, 0.29) is 23.9 Å². The highest BCUT2D eigenvalue weighted by Crippen LogP contribution is 2.25. The Morgan fingerprint density at radius 1 is 1.06 bits per heavy atom. The molecule has 0 radical (unpaired) electrons. The van der Waals surface area contributed by atoms with E-state index in [4.69, 9.17) is 23.2 Å². The molecule has 2 aromatic carbocycles. The summed E-state index contributed by atoms with van der Waals surface area (Å²) in [5.74, 6) is -0.304. The number of piperazine rings is 1. The molecule has 1 fully saturated rings. The molecular formula is C24H30Cl2FN5O2. The lowest BCUT2D eigenvalue weighted by Crippen LogP contribution is -2.52. The fourth-order valence-corrected chi connectivity index (χ4v) is 4.08. The number of nitrogens with zero attached hydrogens (tertiary/aromatic N) is 3. The third-order valence-corrected chi connectivity index (χ3v) is 6.05. The number of anilines is 1. The largest absolute Gasteiger partial charge is 0.336 e. The van der Waals surface area contributed by atoms with E-state index in [9.17, 15) is 14.0 Å². The average molecular weight is 510 g/mol. The van der Waals surface area contributed by atoms with E-state index in [1.54, 1.807) is 40.1 Å². The highest BCUT2D eigenvalue weighted by molar-refractivity contribution is 6.36. The fraction of sp³-hybridized carbons (Fsp3) is 0.417. The summed E-state index contributed by atoms with van der Waals surface area (Å²) in [4.78, 5) is 31.0. The predicted molar refractivity (Wildman–Crippen MR) is 134 cm³/mol. The summed E-state index contributed by atoms with van der Waals surface area (Å²) >= 11 is 12.1. The summed E-state index contributed by atoms with van der Waals surface area (Å²) in [7, 11) is 0. The Morgan fingerprint density at radius 3 is 2.35 bits per heavy atom. The van der Waals surface area contributed by atoms with Gasteiger partial charge in [-0.25, -0.2) is 14.0 Å². The third-order valence-electron chi connectivity index (χ3n) is 5.50. The molecule has 2 aromatic rings. The summed E-state index contributed by atoms with van der Waals surface area (Å²) in [5, 5.41) is 6.65. The molecule has 3 rings (SSSR count). The quantitative estimate of drug-likeness (QED) is 0.557. The molecular weight excluding hydrogens is 480 g/mol. The fourth-order valence-electron chi connectivity index (χ4n) is 3.62. The van der Waals surface area contributed by atoms with Crippen LogP contribution in [-0.2, 0) is 6.54 Å². The molecule has 10 heteroatoms. The van der Waals surface area contributed by atoms with Gasteiger partial charge >= 0.3 is 12.1 Å². The molecule has 0 unspecified atom stereocenters. The Kier molecular flexibility index (Phi) is 9.38. The van der Waals surface area contributed by atoms with E-state index in [1.807, 2.05) is 13.8 Å². The van der Waals surface area contributed by atoms with Gasteiger partial charge in [-0.1, -0.05) is 35.3 Å². The van der Waals surface area contributed by atoms with Crippen LogP contribution >= 0.6 is 23.2 Å². The zero-order valence-corrected chi connectivity index (χ0v) is 20.9. The van der Waals surface area contributed by atoms with Crippen molar-refractivity contribution in [2.24, 2.45) is 0 Å². The number of rotatable bonds is 7. The molecule has 184 valence electrons. The average Bonchev–Trinajstić information content (AvgIpc) is 2.79. The Balaban J connectivity index is 1.51. The lowest BCUT2D eigenvalue weighted by Gasteiger charge is -2.36. The molecule has 0 atom stereocenters. The van der Waals surface area contributed by atoms with Crippen molar-refractivity contribution >= 4 is 41.0 Å². The number of hydrogen-bond acceptors (Lipinski definition) is 3. The first-order valence-corrected chi connectivity index (χ1v) is 12.0. The van der Waals surface area contributed by atoms with Crippen LogP contribution in [0.4, 0.5) is 19.7 Å². The van der Waals surface area contributed by atoms with Crippen LogP contribution in [0, 0.1) is 5.82 Å². The van der Waals surface area contributed by atoms with Crippen molar-refractivity contribution < 1.29 is 14.0 Å². The molecule has 0 saturated carbocycles. The normalized spacial score (nSPS) is 14.2. The number of urea groups is 2. The van der Waals surface area contributed by atoms with E-state index in [0.29, 0.717) is 61.5 Å². The molecule has 0 spiro atoms. The molecule has 0 bridgehead atoms. The first-order chi connectivity index (χ1) is 16.2. The van der Waals surface area contributed by atoms with Gasteiger partial charge in [0.1, 0.15) is 5.82 Å². The van der Waals surface area contributed by atoms with Gasteiger partial charge in [-0.15, -0.1) is 0 Å². The molecule has 0 aliphatic carbocycles. The second-order valence-corrected chi connectivity index (χ2v) is 9.38. The van der Waals surface area contributed by atoms with Gasteiger partial charge in [0.2, 0.25) is 0 Å². The number of amides is 4. The minimum atomic E-state index is -0.304. The van der Waals surface area contributed by atoms with Crippen LogP contribution in [0.15, 0.2) is 42.5 Å². The van der Waals surface area contributed by atoms with Crippen LogP contribution in [-0.4, -0.2) is 72.1 Å². The third kappa shape index (κ3) is 7.75. The minimum Gasteiger partial charge on any atom is -0.336 e. The van der Waals surface area contributed by atoms with Crippen molar-refractivity contribution in [3.63, 3.8) is 0 Å². The summed E-state index contributed by atoms with van der Waals surface area (Å²) in [6.45, 7) is 7.91. The van der Waals surface area contributed by atoms with Crippen LogP contribution in [0.25, 0.3) is 0 Å². The highest BCUT2D eigenvalue weighted by atomic mass is 35.5. The Labute approximate surface area is 209 Å². The molecule has 1 heterocycles. The van der Waals surface area contributed by atoms with Crippen molar-refractivity contribution in [3.8, 4) is 0 Å². The number of nitrogens with one attached hydrogen (secondary N) is 2. The highest BCUT2D eigenvalue weighted by Gasteiger charge is 2.23. The van der Waals surface area contributed by atoms with E-state index in [0.717, 1.165) is 5.56 Å². The zero-order valence-electron chi connectivity index (χ0n) is 19.4. The summed E-state index contributed by atoms with van der Waals surface area (Å²) in [6.07, 6.45) is 0. The molecule has 0 aromatic heterocycles. The van der Waals surface area contributed by atoms with E-state index in [2.05, 4.69) is 15.5 Å². The number of benzene rings is 2. The monoisotopic (exact) mass is 509 g/mol. The molecule has 1 aliphatic rings. The Hall–Kier alpha value is -2.55. The lowest BCUT2D eigenvalue weighted by atomic mass is 10.2. The minimum absolute atomic E-state index is 0.0134. The number of halogens is 3. The maximum Gasteiger partial charge on any atom is 0.321 e. The van der Waals surface area contributed by atoms with Gasteiger partial charge in [0.05, 0.1) is 10.7 Å². The number of carbonyl (C=O) groups excluding carboxylic acids is 2. The molecule has 1 saturated heterocycles. The van der Waals surface area contributed by atoms with Crippen molar-refractivity contribution in [1.29, 1.82) is 0 Å². The maximum absolute atomic E-state index is 13.2. The van der Waals surface area contributed by atoms with Gasteiger partial charge in [0.15, 0.2) is 0 Å². The van der Waals surface area contributed by atoms with Gasteiger partial charge in [-0.05, 0) is 49.7 Å². The van der Waals surface area contributed by atoms with Crippen molar-refractivity contribution in [2.75, 3.05) is 44.6 Å². The van der Waals surface area contributed by atoms with Crippen LogP contribution in [0.1, 0.15) is 19.4 Å². The topological polar surface area (TPSA) is 67.9 Å². The van der Waals surface area contributed by atoms with E-state index in [1.165, 1.54) is 12.1 Å². The van der Waals surface area contributed by atoms with E-state index < -0.39 is 0 Å². The van der Waals surface area contributed by atoms with E-state index >= 15 is 0 Å². The predicted octanol–water partition coefficient (Wildman–Crippen LogP) is 4.90. The molecule has 2 N–H and O–H groups in total. The van der Waals surface area contributed by atoms with Crippen LogP contribution in [0.5, 0.6) is 0 Å². The van der Waals surface area contributed by atoms with Crippen LogP contribution in [0.2, 0.25) is 10.0 Å². The molecule has 4 amide bonds. The number of carbonyl (C=O) groups is 2. The summed E-state index contributed by atoms with van der Waals surface area (Å²) < 4.78 is 13.2. The zero-order chi connectivity index (χ0) is 24.7. The summed E-state index contributed by atoms with van der Waals surface area (Å²) in [6, 6.07) is 10.8. The second-order valence-electron chi connectivity index (χ2n) is 8.54. The van der Waals surface area contributed by atoms with Crippen LogP contribution < -0.4 is 10.6 Å². The van der Waals surface area contributed by atoms with Gasteiger partial charge in [-0.3, -0.25) is 4.90 Å². The van der Waals surface area contributed by atoms with Crippen LogP contribution in [0.3, 0.4) is 0 Å². The standard InChI is InChI=1S/C24H30Cl2FN5O2/c1-17(2)28-23(33)32(16-18-3-6-20(27)7-4-18)14-11-30-9-12-31(13-10-30)24(34)29-22-8-5-19(25)15-21(22)26/h3-8,15,17H,9-14,16H2,1-2H3,(H,28,33)(H,29,34). The summed E-state index contributed by atoms with van der Waals surface area (Å²) in [5.41, 5.74) is 1.38. The van der Waals surface area contributed by atoms with Crippen molar-refractivity contribution in [3.05, 3.63) is 63.9 Å². The Morgan fingerprint density at radius 2 is 1.74 bits per heavy atom. The second kappa shape index (κ2) is 12.2. The van der Waals surface area contributed by atoms with Gasteiger partial charge in [-0.2, -0.15) is 0 Å². The number of hydrogen-bond donors (Lipinski definition) is 2. The smallest absolute Gasteiger partial charge is 0.321 e. The molecule has 1 aliphatic heterocycles. The van der Waals surface area contributed by atoms with Crippen molar-refractivity contribution in [1.82, 2.24) is 20.0 Å². The molecule has 34 heavy (non-hydrogen) atoms. The SMILES string of the molecule is CC(C)NC(=O)N(CCN1CCN(C(=O)Nc2ccc(Cl)cc2Cl)CC1)Cc1ccc(F)cc1.